The van der Waals surface area contributed by atoms with E-state index in [0.717, 1.165) is 13.1 Å². The van der Waals surface area contributed by atoms with E-state index in [9.17, 15) is 0 Å². The molecule has 14 heavy (non-hydrogen) atoms. The smallest absolute Gasteiger partial charge is 0.0701 e. The van der Waals surface area contributed by atoms with Crippen LogP contribution in [0.2, 0.25) is 0 Å². The molecule has 0 fully saturated rings. The van der Waals surface area contributed by atoms with Gasteiger partial charge in [0.05, 0.1) is 3.79 Å². The van der Waals surface area contributed by atoms with Crippen molar-refractivity contribution in [2.75, 3.05) is 6.54 Å². The Labute approximate surface area is 99.0 Å². The van der Waals surface area contributed by atoms with Gasteiger partial charge in [-0.15, -0.1) is 11.3 Å². The topological polar surface area (TPSA) is 12.0 Å². The summed E-state index contributed by atoms with van der Waals surface area (Å²) in [5, 5.41) is 3.46. The molecule has 0 aromatic carbocycles. The molecule has 0 aliphatic rings. The normalized spacial score (nSPS) is 10.7. The van der Waals surface area contributed by atoms with E-state index in [2.05, 4.69) is 40.3 Å². The highest BCUT2D eigenvalue weighted by Crippen LogP contribution is 2.21. The lowest BCUT2D eigenvalue weighted by molar-refractivity contribution is 0.600. The molecule has 0 unspecified atom stereocenters. The first-order valence-corrected chi connectivity index (χ1v) is 6.89. The average Bonchev–Trinajstić information content (AvgIpc) is 2.58. The van der Waals surface area contributed by atoms with Gasteiger partial charge in [-0.25, -0.2) is 0 Å². The molecule has 1 nitrogen and oxygen atoms in total. The lowest BCUT2D eigenvalue weighted by Gasteiger charge is -2.01. The SMILES string of the molecule is CCCCCCNCc1ccc(Br)s1. The van der Waals surface area contributed by atoms with Crippen molar-refractivity contribution in [2.45, 2.75) is 39.2 Å². The van der Waals surface area contributed by atoms with Crippen LogP contribution in [-0.4, -0.2) is 6.54 Å². The maximum atomic E-state index is 3.47. The van der Waals surface area contributed by atoms with Crippen LogP contribution in [0.15, 0.2) is 15.9 Å². The summed E-state index contributed by atoms with van der Waals surface area (Å²) in [5.41, 5.74) is 0. The van der Waals surface area contributed by atoms with Crippen LogP contribution in [0.3, 0.4) is 0 Å². The van der Waals surface area contributed by atoms with Gasteiger partial charge in [0.1, 0.15) is 0 Å². The standard InChI is InChI=1S/C11H18BrNS/c1-2-3-4-5-8-13-9-10-6-7-11(12)14-10/h6-7,13H,2-5,8-9H2,1H3. The molecule has 0 amide bonds. The molecule has 0 saturated heterocycles. The fourth-order valence-electron chi connectivity index (χ4n) is 1.34. The fourth-order valence-corrected chi connectivity index (χ4v) is 2.79. The van der Waals surface area contributed by atoms with Gasteiger partial charge >= 0.3 is 0 Å². The zero-order valence-electron chi connectivity index (χ0n) is 8.68. The molecule has 0 aliphatic carbocycles. The minimum atomic E-state index is 1.02. The Hall–Kier alpha value is 0.140. The average molecular weight is 276 g/mol. The first-order chi connectivity index (χ1) is 6.83. The maximum Gasteiger partial charge on any atom is 0.0701 e. The van der Waals surface area contributed by atoms with Crippen molar-refractivity contribution in [1.82, 2.24) is 5.32 Å². The number of rotatable bonds is 7. The lowest BCUT2D eigenvalue weighted by atomic mass is 10.2. The van der Waals surface area contributed by atoms with E-state index in [4.69, 9.17) is 0 Å². The van der Waals surface area contributed by atoms with Crippen LogP contribution in [0.1, 0.15) is 37.5 Å². The summed E-state index contributed by atoms with van der Waals surface area (Å²) in [6.07, 6.45) is 5.35. The van der Waals surface area contributed by atoms with Gasteiger partial charge in [0.25, 0.3) is 0 Å². The van der Waals surface area contributed by atoms with Gasteiger partial charge in [0.2, 0.25) is 0 Å². The van der Waals surface area contributed by atoms with Crippen LogP contribution in [0.4, 0.5) is 0 Å². The second-order valence-corrected chi connectivity index (χ2v) is 5.99. The van der Waals surface area contributed by atoms with Crippen LogP contribution in [0.25, 0.3) is 0 Å². The van der Waals surface area contributed by atoms with E-state index in [0.29, 0.717) is 0 Å². The minimum Gasteiger partial charge on any atom is -0.312 e. The van der Waals surface area contributed by atoms with Gasteiger partial charge in [-0.05, 0) is 41.0 Å². The molecule has 0 bridgehead atoms. The highest BCUT2D eigenvalue weighted by molar-refractivity contribution is 9.11. The Morgan fingerprint density at radius 3 is 2.79 bits per heavy atom. The molecule has 0 saturated carbocycles. The number of halogens is 1. The van der Waals surface area contributed by atoms with Crippen LogP contribution < -0.4 is 5.32 Å². The first kappa shape index (κ1) is 12.2. The Kier molecular flexibility index (Phi) is 6.48. The number of hydrogen-bond donors (Lipinski definition) is 1. The molecule has 0 radical (unpaired) electrons. The van der Waals surface area contributed by atoms with Gasteiger partial charge in [-0.3, -0.25) is 0 Å². The largest absolute Gasteiger partial charge is 0.312 e. The molecular weight excluding hydrogens is 258 g/mol. The number of thiophene rings is 1. The van der Waals surface area contributed by atoms with E-state index in [1.165, 1.54) is 34.3 Å². The number of unbranched alkanes of at least 4 members (excludes halogenated alkanes) is 3. The number of nitrogens with one attached hydrogen (secondary N) is 1. The molecule has 80 valence electrons. The Morgan fingerprint density at radius 2 is 2.14 bits per heavy atom. The van der Waals surface area contributed by atoms with E-state index in [1.807, 2.05) is 11.3 Å². The van der Waals surface area contributed by atoms with E-state index in [1.54, 1.807) is 0 Å². The van der Waals surface area contributed by atoms with Crippen molar-refractivity contribution in [1.29, 1.82) is 0 Å². The molecule has 1 aromatic heterocycles. The third-order valence-electron chi connectivity index (χ3n) is 2.14. The lowest BCUT2D eigenvalue weighted by Crippen LogP contribution is -2.13. The third-order valence-corrected chi connectivity index (χ3v) is 3.76. The maximum absolute atomic E-state index is 3.47. The van der Waals surface area contributed by atoms with Crippen LogP contribution in [-0.2, 0) is 6.54 Å². The highest BCUT2D eigenvalue weighted by atomic mass is 79.9. The Morgan fingerprint density at radius 1 is 1.29 bits per heavy atom. The molecule has 0 aliphatic heterocycles. The summed E-state index contributed by atoms with van der Waals surface area (Å²) < 4.78 is 1.22. The zero-order chi connectivity index (χ0) is 10.2. The van der Waals surface area contributed by atoms with Crippen molar-refractivity contribution in [3.63, 3.8) is 0 Å². The minimum absolute atomic E-state index is 1.02. The van der Waals surface area contributed by atoms with Gasteiger partial charge in [0, 0.05) is 11.4 Å². The Balaban J connectivity index is 1.99. The molecular formula is C11H18BrNS. The van der Waals surface area contributed by atoms with Crippen molar-refractivity contribution < 1.29 is 0 Å². The molecule has 0 spiro atoms. The summed E-state index contributed by atoms with van der Waals surface area (Å²) >= 11 is 5.28. The van der Waals surface area contributed by atoms with Crippen LogP contribution in [0.5, 0.6) is 0 Å². The summed E-state index contributed by atoms with van der Waals surface area (Å²) in [4.78, 5) is 1.41. The molecule has 3 heteroatoms. The van der Waals surface area contributed by atoms with E-state index >= 15 is 0 Å². The zero-order valence-corrected chi connectivity index (χ0v) is 11.1. The quantitative estimate of drug-likeness (QED) is 0.737. The molecule has 1 N–H and O–H groups in total. The monoisotopic (exact) mass is 275 g/mol. The highest BCUT2D eigenvalue weighted by Gasteiger charge is 1.96. The predicted molar refractivity (Wildman–Crippen MR) is 67.9 cm³/mol. The molecule has 1 rings (SSSR count). The van der Waals surface area contributed by atoms with Crippen molar-refractivity contribution in [3.8, 4) is 0 Å². The third kappa shape index (κ3) is 5.13. The number of hydrogen-bond acceptors (Lipinski definition) is 2. The fraction of sp³-hybridized carbons (Fsp3) is 0.636. The van der Waals surface area contributed by atoms with Crippen molar-refractivity contribution in [3.05, 3.63) is 20.8 Å². The summed E-state index contributed by atoms with van der Waals surface area (Å²) in [6.45, 7) is 4.41. The second kappa shape index (κ2) is 7.43. The molecule has 1 heterocycles. The molecule has 0 atom stereocenters. The van der Waals surface area contributed by atoms with Gasteiger partial charge in [-0.1, -0.05) is 26.2 Å². The van der Waals surface area contributed by atoms with E-state index < -0.39 is 0 Å². The summed E-state index contributed by atoms with van der Waals surface area (Å²) in [5.74, 6) is 0. The van der Waals surface area contributed by atoms with Crippen molar-refractivity contribution >= 4 is 27.3 Å². The summed E-state index contributed by atoms with van der Waals surface area (Å²) in [7, 11) is 0. The van der Waals surface area contributed by atoms with E-state index in [-0.39, 0.29) is 0 Å². The molecule has 1 aromatic rings. The van der Waals surface area contributed by atoms with Crippen LogP contribution >= 0.6 is 27.3 Å². The van der Waals surface area contributed by atoms with Crippen LogP contribution in [0, 0.1) is 0 Å². The van der Waals surface area contributed by atoms with Gasteiger partial charge < -0.3 is 5.32 Å². The first-order valence-electron chi connectivity index (χ1n) is 5.28. The van der Waals surface area contributed by atoms with Crippen molar-refractivity contribution in [2.24, 2.45) is 0 Å². The predicted octanol–water partition coefficient (Wildman–Crippen LogP) is 4.18. The second-order valence-electron chi connectivity index (χ2n) is 3.44. The Bertz CT molecular complexity index is 247. The summed E-state index contributed by atoms with van der Waals surface area (Å²) in [6, 6.07) is 4.28. The van der Waals surface area contributed by atoms with Gasteiger partial charge in [-0.2, -0.15) is 0 Å². The van der Waals surface area contributed by atoms with Gasteiger partial charge in [0.15, 0.2) is 0 Å².